The molecule has 0 aliphatic heterocycles. The van der Waals surface area contributed by atoms with Crippen LogP contribution >= 0.6 is 23.4 Å². The molecule has 0 aliphatic rings. The van der Waals surface area contributed by atoms with Crippen LogP contribution in [0.4, 0.5) is 4.39 Å². The van der Waals surface area contributed by atoms with Gasteiger partial charge in [-0.05, 0) is 37.4 Å². The van der Waals surface area contributed by atoms with E-state index in [1.54, 1.807) is 19.2 Å². The van der Waals surface area contributed by atoms with E-state index in [1.807, 2.05) is 0 Å². The molecule has 0 radical (unpaired) electrons. The highest BCUT2D eigenvalue weighted by Crippen LogP contribution is 2.34. The highest BCUT2D eigenvalue weighted by Gasteiger charge is 2.30. The molecule has 0 spiro atoms. The van der Waals surface area contributed by atoms with Crippen molar-refractivity contribution in [1.82, 2.24) is 19.9 Å². The SMILES string of the molecule is CSc1nn2c(CNC(C)=O)cc(C)nc2c1S(=O)(=O)c1ccc(F)c(Cl)c1. The van der Waals surface area contributed by atoms with Crippen molar-refractivity contribution < 1.29 is 17.6 Å². The molecule has 0 saturated heterocycles. The van der Waals surface area contributed by atoms with Gasteiger partial charge in [0.15, 0.2) is 10.5 Å². The van der Waals surface area contributed by atoms with Crippen molar-refractivity contribution >= 4 is 44.8 Å². The van der Waals surface area contributed by atoms with Gasteiger partial charge < -0.3 is 5.32 Å². The molecule has 0 unspecified atom stereocenters. The number of carbonyl (C=O) groups is 1. The van der Waals surface area contributed by atoms with Crippen LogP contribution in [0.1, 0.15) is 18.3 Å². The number of nitrogens with one attached hydrogen (secondary N) is 1. The number of sulfone groups is 1. The van der Waals surface area contributed by atoms with E-state index < -0.39 is 15.7 Å². The van der Waals surface area contributed by atoms with Gasteiger partial charge in [-0.25, -0.2) is 22.3 Å². The molecule has 1 aromatic carbocycles. The predicted molar refractivity (Wildman–Crippen MR) is 104 cm³/mol. The number of nitrogens with zero attached hydrogens (tertiary/aromatic N) is 3. The van der Waals surface area contributed by atoms with E-state index in [4.69, 9.17) is 11.6 Å². The van der Waals surface area contributed by atoms with Crippen LogP contribution in [0.3, 0.4) is 0 Å². The monoisotopic (exact) mass is 442 g/mol. The van der Waals surface area contributed by atoms with Crippen LogP contribution in [-0.4, -0.2) is 35.2 Å². The average molecular weight is 443 g/mol. The lowest BCUT2D eigenvalue weighted by Crippen LogP contribution is -2.21. The number of aromatic nitrogens is 3. The number of benzene rings is 1. The fourth-order valence-electron chi connectivity index (χ4n) is 2.65. The Morgan fingerprint density at radius 2 is 2.07 bits per heavy atom. The van der Waals surface area contributed by atoms with Crippen molar-refractivity contribution in [2.45, 2.75) is 35.2 Å². The lowest BCUT2D eigenvalue weighted by molar-refractivity contribution is -0.119. The van der Waals surface area contributed by atoms with Crippen molar-refractivity contribution in [2.75, 3.05) is 6.26 Å². The number of fused-ring (bicyclic) bond motifs is 1. The molecule has 2 aromatic heterocycles. The van der Waals surface area contributed by atoms with Crippen molar-refractivity contribution in [2.24, 2.45) is 0 Å². The minimum absolute atomic E-state index is 0.0875. The minimum atomic E-state index is -4.07. The predicted octanol–water partition coefficient (Wildman–Crippen LogP) is 3.02. The molecule has 0 atom stereocenters. The van der Waals surface area contributed by atoms with Crippen LogP contribution in [0.25, 0.3) is 5.65 Å². The number of rotatable bonds is 5. The summed E-state index contributed by atoms with van der Waals surface area (Å²) in [6.45, 7) is 3.26. The van der Waals surface area contributed by atoms with Gasteiger partial charge in [0.25, 0.3) is 0 Å². The molecule has 11 heteroatoms. The van der Waals surface area contributed by atoms with E-state index >= 15 is 0 Å². The molecule has 1 N–H and O–H groups in total. The van der Waals surface area contributed by atoms with Crippen LogP contribution in [-0.2, 0) is 21.2 Å². The number of hydrogen-bond donors (Lipinski definition) is 1. The fourth-order valence-corrected chi connectivity index (χ4v) is 5.31. The Morgan fingerprint density at radius 1 is 1.36 bits per heavy atom. The van der Waals surface area contributed by atoms with Gasteiger partial charge in [0.05, 0.1) is 22.2 Å². The van der Waals surface area contributed by atoms with Gasteiger partial charge in [-0.15, -0.1) is 11.8 Å². The average Bonchev–Trinajstić information content (AvgIpc) is 3.00. The van der Waals surface area contributed by atoms with Crippen molar-refractivity contribution in [3.8, 4) is 0 Å². The van der Waals surface area contributed by atoms with E-state index in [9.17, 15) is 17.6 Å². The molecule has 2 heterocycles. The molecule has 1 amide bonds. The maximum atomic E-state index is 13.5. The molecular formula is C17H16ClFN4O3S2. The van der Waals surface area contributed by atoms with Crippen LogP contribution < -0.4 is 5.32 Å². The van der Waals surface area contributed by atoms with E-state index in [-0.39, 0.29) is 37.9 Å². The molecule has 0 aliphatic carbocycles. The first-order chi connectivity index (χ1) is 13.1. The molecule has 28 heavy (non-hydrogen) atoms. The summed E-state index contributed by atoms with van der Waals surface area (Å²) in [5.74, 6) is -0.939. The minimum Gasteiger partial charge on any atom is -0.351 e. The molecule has 148 valence electrons. The zero-order valence-electron chi connectivity index (χ0n) is 15.2. The molecule has 3 rings (SSSR count). The summed E-state index contributed by atoms with van der Waals surface area (Å²) in [7, 11) is -4.07. The van der Waals surface area contributed by atoms with Crippen LogP contribution in [0, 0.1) is 12.7 Å². The Labute approximate surface area is 170 Å². The lowest BCUT2D eigenvalue weighted by atomic mass is 10.3. The number of halogens is 2. The first kappa shape index (κ1) is 20.6. The Kier molecular flexibility index (Phi) is 5.64. The molecular weight excluding hydrogens is 427 g/mol. The number of carbonyl (C=O) groups excluding carboxylic acids is 1. The second kappa shape index (κ2) is 7.69. The summed E-state index contributed by atoms with van der Waals surface area (Å²) >= 11 is 6.92. The Balaban J connectivity index is 2.27. The van der Waals surface area contributed by atoms with Gasteiger partial charge in [-0.3, -0.25) is 4.79 Å². The first-order valence-corrected chi connectivity index (χ1v) is 11.1. The number of hydrogen-bond acceptors (Lipinski definition) is 6. The van der Waals surface area contributed by atoms with Crippen molar-refractivity contribution in [3.63, 3.8) is 0 Å². The number of aryl methyl sites for hydroxylation is 1. The van der Waals surface area contributed by atoms with Gasteiger partial charge in [-0.1, -0.05) is 11.6 Å². The van der Waals surface area contributed by atoms with E-state index in [0.29, 0.717) is 11.4 Å². The van der Waals surface area contributed by atoms with Gasteiger partial charge in [0, 0.05) is 12.6 Å². The topological polar surface area (TPSA) is 93.4 Å². The first-order valence-electron chi connectivity index (χ1n) is 8.03. The van der Waals surface area contributed by atoms with Crippen LogP contribution in [0.15, 0.2) is 39.1 Å². The molecule has 3 aromatic rings. The van der Waals surface area contributed by atoms with Gasteiger partial charge in [-0.2, -0.15) is 5.10 Å². The third kappa shape index (κ3) is 3.71. The zero-order valence-corrected chi connectivity index (χ0v) is 17.5. The van der Waals surface area contributed by atoms with Crippen LogP contribution in [0.5, 0.6) is 0 Å². The second-order valence-corrected chi connectivity index (χ2v) is 9.04. The smallest absolute Gasteiger partial charge is 0.217 e. The quantitative estimate of drug-likeness (QED) is 0.482. The molecule has 7 nitrogen and oxygen atoms in total. The third-order valence-corrected chi connectivity index (χ3v) is 6.78. The van der Waals surface area contributed by atoms with E-state index in [0.717, 1.165) is 30.0 Å². The Morgan fingerprint density at radius 3 is 2.68 bits per heavy atom. The van der Waals surface area contributed by atoms with Gasteiger partial charge in [0.2, 0.25) is 15.7 Å². The summed E-state index contributed by atoms with van der Waals surface area (Å²) in [5, 5.41) is 6.98. The summed E-state index contributed by atoms with van der Waals surface area (Å²) in [4.78, 5) is 15.4. The second-order valence-electron chi connectivity index (χ2n) is 5.95. The van der Waals surface area contributed by atoms with Gasteiger partial charge in [0.1, 0.15) is 10.8 Å². The Hall–Kier alpha value is -2.17. The van der Waals surface area contributed by atoms with Crippen molar-refractivity contribution in [1.29, 1.82) is 0 Å². The third-order valence-electron chi connectivity index (χ3n) is 3.90. The lowest BCUT2D eigenvalue weighted by Gasteiger charge is -2.08. The number of amides is 1. The maximum Gasteiger partial charge on any atom is 0.217 e. The Bertz CT molecular complexity index is 1190. The normalized spacial score (nSPS) is 11.8. The summed E-state index contributed by atoms with van der Waals surface area (Å²) in [6, 6.07) is 4.93. The zero-order chi connectivity index (χ0) is 20.6. The fraction of sp³-hybridized carbons (Fsp3) is 0.235. The van der Waals surface area contributed by atoms with Gasteiger partial charge >= 0.3 is 0 Å². The highest BCUT2D eigenvalue weighted by atomic mass is 35.5. The maximum absolute atomic E-state index is 13.5. The largest absolute Gasteiger partial charge is 0.351 e. The van der Waals surface area contributed by atoms with E-state index in [1.165, 1.54) is 11.4 Å². The number of thioether (sulfide) groups is 1. The highest BCUT2D eigenvalue weighted by molar-refractivity contribution is 7.99. The summed E-state index contributed by atoms with van der Waals surface area (Å²) in [6.07, 6.45) is 1.69. The van der Waals surface area contributed by atoms with E-state index in [2.05, 4.69) is 15.4 Å². The molecule has 0 bridgehead atoms. The molecule has 0 fully saturated rings. The van der Waals surface area contributed by atoms with Crippen molar-refractivity contribution in [3.05, 3.63) is 46.5 Å². The molecule has 0 saturated carbocycles. The van der Waals surface area contributed by atoms with Crippen LogP contribution in [0.2, 0.25) is 5.02 Å². The summed E-state index contributed by atoms with van der Waals surface area (Å²) in [5.41, 5.74) is 1.27. The summed E-state index contributed by atoms with van der Waals surface area (Å²) < 4.78 is 41.5. The standard InChI is InChI=1S/C17H16ClFN4O3S2/c1-9-6-11(8-20-10(2)24)23-16(21-9)15(17(22-23)27-3)28(25,26)12-4-5-14(19)13(18)7-12/h4-7H,8H2,1-3H3,(H,20,24).